The summed E-state index contributed by atoms with van der Waals surface area (Å²) in [6.07, 6.45) is 2.28. The van der Waals surface area contributed by atoms with Crippen LogP contribution in [0.1, 0.15) is 27.9 Å². The molecule has 0 atom stereocenters. The molecule has 4 nitrogen and oxygen atoms in total. The van der Waals surface area contributed by atoms with Gasteiger partial charge in [0.05, 0.1) is 17.8 Å². The number of hydrogen-bond donors (Lipinski definition) is 1. The van der Waals surface area contributed by atoms with E-state index >= 15 is 0 Å². The number of benzene rings is 2. The molecule has 0 fully saturated rings. The van der Waals surface area contributed by atoms with Gasteiger partial charge < -0.3 is 9.72 Å². The fourth-order valence-electron chi connectivity index (χ4n) is 3.50. The number of aryl methyl sites for hydroxylation is 3. The Morgan fingerprint density at radius 1 is 0.966 bits per heavy atom. The second kappa shape index (κ2) is 7.92. The molecule has 2 aromatic carbocycles. The number of aromatic nitrogens is 2. The van der Waals surface area contributed by atoms with E-state index in [1.807, 2.05) is 47.0 Å². The van der Waals surface area contributed by atoms with E-state index in [9.17, 15) is 4.79 Å². The number of carbonyl (C=O) groups excluding carboxylic acids is 1. The highest BCUT2D eigenvalue weighted by Gasteiger charge is 2.17. The van der Waals surface area contributed by atoms with Gasteiger partial charge in [-0.2, -0.15) is 0 Å². The predicted molar refractivity (Wildman–Crippen MR) is 117 cm³/mol. The average molecular weight is 383 g/mol. The Morgan fingerprint density at radius 3 is 2.52 bits per heavy atom. The number of nitrogens with zero attached hydrogens (tertiary/aromatic N) is 2. The summed E-state index contributed by atoms with van der Waals surface area (Å²) < 4.78 is 2.03. The van der Waals surface area contributed by atoms with Gasteiger partial charge in [-0.25, -0.2) is 4.98 Å². The summed E-state index contributed by atoms with van der Waals surface area (Å²) in [5.41, 5.74) is 8.38. The van der Waals surface area contributed by atoms with Crippen LogP contribution in [0.2, 0.25) is 0 Å². The van der Waals surface area contributed by atoms with Gasteiger partial charge in [-0.1, -0.05) is 42.5 Å². The third-order valence-corrected chi connectivity index (χ3v) is 5.32. The van der Waals surface area contributed by atoms with Crippen LogP contribution < -0.4 is 5.32 Å². The lowest BCUT2D eigenvalue weighted by molar-refractivity contribution is -0.120. The Hall–Kier alpha value is -3.40. The largest absolute Gasteiger partial charge is 0.352 e. The first-order valence-corrected chi connectivity index (χ1v) is 9.87. The number of pyridine rings is 1. The summed E-state index contributed by atoms with van der Waals surface area (Å²) >= 11 is 0. The van der Waals surface area contributed by atoms with Crippen molar-refractivity contribution in [3.63, 3.8) is 0 Å². The number of carbonyl (C=O) groups is 1. The Bertz CT molecular complexity index is 1180. The molecular weight excluding hydrogens is 358 g/mol. The van der Waals surface area contributed by atoms with Crippen molar-refractivity contribution in [3.8, 4) is 11.3 Å². The molecule has 0 saturated heterocycles. The predicted octanol–water partition coefficient (Wildman–Crippen LogP) is 4.79. The minimum absolute atomic E-state index is 0.0127. The van der Waals surface area contributed by atoms with E-state index in [0.717, 1.165) is 33.7 Å². The maximum absolute atomic E-state index is 12.7. The molecule has 29 heavy (non-hydrogen) atoms. The van der Waals surface area contributed by atoms with Gasteiger partial charge in [0.25, 0.3) is 0 Å². The summed E-state index contributed by atoms with van der Waals surface area (Å²) in [4.78, 5) is 17.6. The van der Waals surface area contributed by atoms with Gasteiger partial charge in [-0.05, 0) is 61.2 Å². The van der Waals surface area contributed by atoms with Crippen molar-refractivity contribution in [2.45, 2.75) is 33.7 Å². The molecule has 0 aliphatic carbocycles. The third kappa shape index (κ3) is 4.06. The molecule has 4 aromatic rings. The topological polar surface area (TPSA) is 46.4 Å². The number of imidazole rings is 1. The summed E-state index contributed by atoms with van der Waals surface area (Å²) in [5, 5.41) is 3.03. The van der Waals surface area contributed by atoms with Crippen molar-refractivity contribution < 1.29 is 4.79 Å². The monoisotopic (exact) mass is 383 g/mol. The van der Waals surface area contributed by atoms with Crippen LogP contribution in [-0.4, -0.2) is 15.3 Å². The third-order valence-electron chi connectivity index (χ3n) is 5.32. The fraction of sp³-hybridized carbons (Fsp3) is 0.200. The molecule has 0 spiro atoms. The highest BCUT2D eigenvalue weighted by molar-refractivity contribution is 5.81. The second-order valence-electron chi connectivity index (χ2n) is 7.58. The van der Waals surface area contributed by atoms with Crippen LogP contribution in [0, 0.1) is 20.8 Å². The van der Waals surface area contributed by atoms with Crippen LogP contribution in [0.25, 0.3) is 16.9 Å². The second-order valence-corrected chi connectivity index (χ2v) is 7.58. The Balaban J connectivity index is 1.68. The van der Waals surface area contributed by atoms with Gasteiger partial charge in [-0.3, -0.25) is 4.79 Å². The molecule has 0 aliphatic heterocycles. The van der Waals surface area contributed by atoms with Crippen molar-refractivity contribution in [3.05, 3.63) is 94.8 Å². The van der Waals surface area contributed by atoms with Gasteiger partial charge in [0.2, 0.25) is 5.91 Å². The summed E-state index contributed by atoms with van der Waals surface area (Å²) in [6.45, 7) is 6.78. The molecule has 4 heteroatoms. The van der Waals surface area contributed by atoms with Crippen LogP contribution in [-0.2, 0) is 17.8 Å². The molecule has 0 saturated carbocycles. The Labute approximate surface area is 171 Å². The highest BCUT2D eigenvalue weighted by Crippen LogP contribution is 2.27. The normalized spacial score (nSPS) is 11.0. The van der Waals surface area contributed by atoms with Crippen molar-refractivity contribution in [2.75, 3.05) is 0 Å². The molecule has 0 radical (unpaired) electrons. The molecule has 4 rings (SSSR count). The quantitative estimate of drug-likeness (QED) is 0.539. The van der Waals surface area contributed by atoms with Crippen LogP contribution in [0.4, 0.5) is 0 Å². The van der Waals surface area contributed by atoms with E-state index in [0.29, 0.717) is 6.54 Å². The number of hydrogen-bond acceptors (Lipinski definition) is 2. The Morgan fingerprint density at radius 2 is 1.76 bits per heavy atom. The number of amides is 1. The van der Waals surface area contributed by atoms with Crippen LogP contribution >= 0.6 is 0 Å². The lowest BCUT2D eigenvalue weighted by Gasteiger charge is -2.09. The molecule has 0 bridgehead atoms. The Kier molecular flexibility index (Phi) is 5.17. The maximum Gasteiger partial charge on any atom is 0.226 e. The van der Waals surface area contributed by atoms with E-state index < -0.39 is 0 Å². The highest BCUT2D eigenvalue weighted by atomic mass is 16.1. The molecule has 2 aromatic heterocycles. The van der Waals surface area contributed by atoms with Crippen LogP contribution in [0.5, 0.6) is 0 Å². The molecule has 0 aliphatic rings. The lowest BCUT2D eigenvalue weighted by atomic mass is 10.0. The standard InChI is InChI=1S/C25H25N3O/c1-17-11-12-28-22(15-24(29)26-16-20-7-5-4-6-8-20)25(27-23(28)13-17)21-10-9-18(2)19(3)14-21/h4-14H,15-16H2,1-3H3,(H,26,29). The van der Waals surface area contributed by atoms with Crippen molar-refractivity contribution >= 4 is 11.6 Å². The first-order chi connectivity index (χ1) is 14.0. The van der Waals surface area contributed by atoms with Gasteiger partial charge in [0, 0.05) is 18.3 Å². The van der Waals surface area contributed by atoms with Crippen LogP contribution in [0.3, 0.4) is 0 Å². The molecular formula is C25H25N3O. The number of fused-ring (bicyclic) bond motifs is 1. The number of nitrogens with one attached hydrogen (secondary N) is 1. The fourth-order valence-corrected chi connectivity index (χ4v) is 3.50. The summed E-state index contributed by atoms with van der Waals surface area (Å²) in [6, 6.07) is 20.4. The van der Waals surface area contributed by atoms with Gasteiger partial charge >= 0.3 is 0 Å². The smallest absolute Gasteiger partial charge is 0.226 e. The van der Waals surface area contributed by atoms with Crippen LogP contribution in [0.15, 0.2) is 66.9 Å². The van der Waals surface area contributed by atoms with E-state index in [2.05, 4.69) is 50.4 Å². The van der Waals surface area contributed by atoms with Gasteiger partial charge in [-0.15, -0.1) is 0 Å². The minimum Gasteiger partial charge on any atom is -0.352 e. The van der Waals surface area contributed by atoms with E-state index in [1.165, 1.54) is 11.1 Å². The average Bonchev–Trinajstić information content (AvgIpc) is 3.06. The number of rotatable bonds is 5. The zero-order chi connectivity index (χ0) is 20.4. The minimum atomic E-state index is -0.0127. The molecule has 2 heterocycles. The first-order valence-electron chi connectivity index (χ1n) is 9.87. The van der Waals surface area contributed by atoms with E-state index in [4.69, 9.17) is 4.98 Å². The summed E-state index contributed by atoms with van der Waals surface area (Å²) in [7, 11) is 0. The first kappa shape index (κ1) is 18.9. The molecule has 1 N–H and O–H groups in total. The molecule has 1 amide bonds. The lowest BCUT2D eigenvalue weighted by Crippen LogP contribution is -2.25. The van der Waals surface area contributed by atoms with Crippen molar-refractivity contribution in [1.82, 2.24) is 14.7 Å². The summed E-state index contributed by atoms with van der Waals surface area (Å²) in [5.74, 6) is -0.0127. The van der Waals surface area contributed by atoms with Gasteiger partial charge in [0.15, 0.2) is 0 Å². The van der Waals surface area contributed by atoms with E-state index in [1.54, 1.807) is 0 Å². The van der Waals surface area contributed by atoms with Crippen molar-refractivity contribution in [1.29, 1.82) is 0 Å². The molecule has 0 unspecified atom stereocenters. The van der Waals surface area contributed by atoms with E-state index in [-0.39, 0.29) is 12.3 Å². The van der Waals surface area contributed by atoms with Gasteiger partial charge in [0.1, 0.15) is 5.65 Å². The SMILES string of the molecule is Cc1ccn2c(CC(=O)NCc3ccccc3)c(-c3ccc(C)c(C)c3)nc2c1. The molecule has 146 valence electrons. The van der Waals surface area contributed by atoms with Crippen molar-refractivity contribution in [2.24, 2.45) is 0 Å². The zero-order valence-corrected chi connectivity index (χ0v) is 17.1. The zero-order valence-electron chi connectivity index (χ0n) is 17.1. The maximum atomic E-state index is 12.7.